The molecular formula is C15H10ClF5N2O2S. The minimum atomic E-state index is -4.71. The Morgan fingerprint density at radius 3 is 2.42 bits per heavy atom. The van der Waals surface area contributed by atoms with Crippen LogP contribution in [0.5, 0.6) is 0 Å². The molecule has 4 nitrogen and oxygen atoms in total. The molecule has 1 unspecified atom stereocenters. The van der Waals surface area contributed by atoms with Crippen LogP contribution >= 0.6 is 11.6 Å². The van der Waals surface area contributed by atoms with Gasteiger partial charge in [-0.15, -0.1) is 11.6 Å². The van der Waals surface area contributed by atoms with Gasteiger partial charge in [0.25, 0.3) is 0 Å². The van der Waals surface area contributed by atoms with E-state index in [1.165, 1.54) is 0 Å². The Kier molecular flexibility index (Phi) is 5.53. The predicted octanol–water partition coefficient (Wildman–Crippen LogP) is 3.75. The Balaban J connectivity index is 2.48. The molecule has 0 spiro atoms. The van der Waals surface area contributed by atoms with Crippen molar-refractivity contribution in [2.24, 2.45) is 0 Å². The van der Waals surface area contributed by atoms with E-state index >= 15 is 0 Å². The molecule has 26 heavy (non-hydrogen) atoms. The van der Waals surface area contributed by atoms with Crippen molar-refractivity contribution in [1.29, 1.82) is 0 Å². The molecular weight excluding hydrogens is 403 g/mol. The monoisotopic (exact) mass is 412 g/mol. The molecule has 0 bridgehead atoms. The van der Waals surface area contributed by atoms with Crippen molar-refractivity contribution >= 4 is 33.0 Å². The maximum Gasteiger partial charge on any atom is 0.424 e. The lowest BCUT2D eigenvalue weighted by Gasteiger charge is -2.17. The summed E-state index contributed by atoms with van der Waals surface area (Å²) >= 11 is 5.87. The van der Waals surface area contributed by atoms with Crippen LogP contribution in [-0.2, 0) is 10.0 Å². The fourth-order valence-corrected chi connectivity index (χ4v) is 2.64. The van der Waals surface area contributed by atoms with Crippen molar-refractivity contribution < 1.29 is 30.4 Å². The standard InChI is InChI=1S/C15H10ClF5N2O2S/c1-26(24,25)23-12-7-5-10(17)13(18)14(12)22-11-6-3-8(15(19,20)21)2-4-9(11)16/h3,5-7,9,22-23H,1H3. The third-order valence-corrected chi connectivity index (χ3v) is 3.94. The fraction of sp³-hybridized carbons (Fsp3) is 0.200. The van der Waals surface area contributed by atoms with E-state index in [9.17, 15) is 30.4 Å². The zero-order valence-corrected chi connectivity index (χ0v) is 14.5. The Labute approximate surface area is 150 Å². The molecule has 0 radical (unpaired) electrons. The number of nitrogens with one attached hydrogen (secondary N) is 2. The number of rotatable bonds is 4. The van der Waals surface area contributed by atoms with Gasteiger partial charge in [-0.25, -0.2) is 17.2 Å². The topological polar surface area (TPSA) is 58.2 Å². The van der Waals surface area contributed by atoms with Crippen molar-refractivity contribution in [3.63, 3.8) is 0 Å². The van der Waals surface area contributed by atoms with E-state index in [1.807, 2.05) is 10.6 Å². The summed E-state index contributed by atoms with van der Waals surface area (Å²) in [6, 6.07) is 1.64. The number of hydrogen-bond acceptors (Lipinski definition) is 3. The van der Waals surface area contributed by atoms with E-state index in [-0.39, 0.29) is 11.4 Å². The zero-order valence-electron chi connectivity index (χ0n) is 12.9. The van der Waals surface area contributed by atoms with Crippen LogP contribution < -0.4 is 10.0 Å². The molecule has 2 N–H and O–H groups in total. The summed E-state index contributed by atoms with van der Waals surface area (Å²) < 4.78 is 90.5. The van der Waals surface area contributed by atoms with Crippen molar-refractivity contribution in [3.05, 3.63) is 47.2 Å². The molecule has 11 heteroatoms. The van der Waals surface area contributed by atoms with Crippen LogP contribution in [-0.4, -0.2) is 26.2 Å². The van der Waals surface area contributed by atoms with Gasteiger partial charge in [0.2, 0.25) is 10.0 Å². The highest BCUT2D eigenvalue weighted by molar-refractivity contribution is 7.92. The normalized spacial score (nSPS) is 17.4. The SMILES string of the molecule is CS(=O)(=O)Nc1ccc(F)c(F)c1NC1=CC=C(C(F)(F)F)C#CC1Cl. The molecule has 0 saturated heterocycles. The summed E-state index contributed by atoms with van der Waals surface area (Å²) in [7, 11) is -3.84. The molecule has 1 aliphatic rings. The molecule has 0 amide bonds. The molecule has 1 aliphatic carbocycles. The van der Waals surface area contributed by atoms with Crippen LogP contribution in [0.3, 0.4) is 0 Å². The summed E-state index contributed by atoms with van der Waals surface area (Å²) in [5, 5.41) is 1.01. The van der Waals surface area contributed by atoms with Gasteiger partial charge in [0, 0.05) is 5.70 Å². The fourth-order valence-electron chi connectivity index (χ4n) is 1.89. The van der Waals surface area contributed by atoms with Crippen LogP contribution in [0, 0.1) is 23.5 Å². The maximum atomic E-state index is 14.1. The quantitative estimate of drug-likeness (QED) is 0.450. The number of halogens is 6. The third kappa shape index (κ3) is 4.89. The molecule has 2 rings (SSSR count). The van der Waals surface area contributed by atoms with Gasteiger partial charge in [-0.05, 0) is 24.3 Å². The van der Waals surface area contributed by atoms with Gasteiger partial charge >= 0.3 is 6.18 Å². The highest BCUT2D eigenvalue weighted by Crippen LogP contribution is 2.32. The molecule has 0 heterocycles. The van der Waals surface area contributed by atoms with Crippen LogP contribution in [0.25, 0.3) is 0 Å². The first kappa shape index (κ1) is 20.1. The van der Waals surface area contributed by atoms with E-state index in [1.54, 1.807) is 0 Å². The van der Waals surface area contributed by atoms with Gasteiger partial charge < -0.3 is 5.32 Å². The number of sulfonamides is 1. The Morgan fingerprint density at radius 2 is 1.85 bits per heavy atom. The first-order valence-corrected chi connectivity index (χ1v) is 9.09. The van der Waals surface area contributed by atoms with Crippen LogP contribution in [0.2, 0.25) is 0 Å². The van der Waals surface area contributed by atoms with Gasteiger partial charge in [-0.2, -0.15) is 13.2 Å². The number of allylic oxidation sites excluding steroid dienone is 4. The largest absolute Gasteiger partial charge is 0.424 e. The molecule has 0 aromatic heterocycles. The van der Waals surface area contributed by atoms with Gasteiger partial charge in [0.05, 0.1) is 11.9 Å². The molecule has 0 fully saturated rings. The van der Waals surface area contributed by atoms with Crippen molar-refractivity contribution in [3.8, 4) is 11.8 Å². The Bertz CT molecular complexity index is 959. The summed E-state index contributed by atoms with van der Waals surface area (Å²) in [5.74, 6) is 1.22. The summed E-state index contributed by atoms with van der Waals surface area (Å²) in [4.78, 5) is 0. The van der Waals surface area contributed by atoms with E-state index < -0.39 is 44.5 Å². The second-order valence-electron chi connectivity index (χ2n) is 5.12. The van der Waals surface area contributed by atoms with E-state index in [0.29, 0.717) is 12.1 Å². The second-order valence-corrected chi connectivity index (χ2v) is 7.30. The second kappa shape index (κ2) is 7.17. The lowest BCUT2D eigenvalue weighted by Crippen LogP contribution is -2.16. The van der Waals surface area contributed by atoms with Gasteiger partial charge in [0.1, 0.15) is 16.6 Å². The molecule has 0 aliphatic heterocycles. The number of hydrogen-bond donors (Lipinski definition) is 2. The highest BCUT2D eigenvalue weighted by Gasteiger charge is 2.33. The van der Waals surface area contributed by atoms with Gasteiger partial charge in [0.15, 0.2) is 11.6 Å². The first-order valence-electron chi connectivity index (χ1n) is 6.76. The van der Waals surface area contributed by atoms with Crippen LogP contribution in [0.15, 0.2) is 35.6 Å². The number of benzene rings is 1. The van der Waals surface area contributed by atoms with Crippen LogP contribution in [0.1, 0.15) is 0 Å². The highest BCUT2D eigenvalue weighted by atomic mass is 35.5. The molecule has 140 valence electrons. The van der Waals surface area contributed by atoms with Crippen molar-refractivity contribution in [2.75, 3.05) is 16.3 Å². The van der Waals surface area contributed by atoms with E-state index in [2.05, 4.69) is 11.2 Å². The first-order chi connectivity index (χ1) is 11.9. The number of alkyl halides is 4. The van der Waals surface area contributed by atoms with Crippen molar-refractivity contribution in [2.45, 2.75) is 11.6 Å². The van der Waals surface area contributed by atoms with Gasteiger partial charge in [-0.1, -0.05) is 11.8 Å². The van der Waals surface area contributed by atoms with Crippen molar-refractivity contribution in [1.82, 2.24) is 0 Å². The van der Waals surface area contributed by atoms with Crippen LogP contribution in [0.4, 0.5) is 33.3 Å². The lowest BCUT2D eigenvalue weighted by atomic mass is 10.2. The van der Waals surface area contributed by atoms with Gasteiger partial charge in [-0.3, -0.25) is 4.72 Å². The summed E-state index contributed by atoms with van der Waals surface area (Å²) in [6.07, 6.45) is -2.40. The lowest BCUT2D eigenvalue weighted by molar-refractivity contribution is -0.0871. The average Bonchev–Trinajstić information content (AvgIpc) is 2.67. The molecule has 1 aromatic carbocycles. The third-order valence-electron chi connectivity index (χ3n) is 3.00. The Morgan fingerprint density at radius 1 is 1.19 bits per heavy atom. The smallest absolute Gasteiger partial charge is 0.353 e. The summed E-state index contributed by atoms with van der Waals surface area (Å²) in [6.45, 7) is 0. The van der Waals surface area contributed by atoms with E-state index in [4.69, 9.17) is 11.6 Å². The molecule has 0 saturated carbocycles. The van der Waals surface area contributed by atoms with E-state index in [0.717, 1.165) is 18.4 Å². The maximum absolute atomic E-state index is 14.1. The summed E-state index contributed by atoms with van der Waals surface area (Å²) in [5.41, 5.74) is -2.36. The predicted molar refractivity (Wildman–Crippen MR) is 88.1 cm³/mol. The number of anilines is 2. The average molecular weight is 413 g/mol. The minimum Gasteiger partial charge on any atom is -0.353 e. The molecule has 1 aromatic rings. The minimum absolute atomic E-state index is 0.195. The molecule has 1 atom stereocenters. The zero-order chi connectivity index (χ0) is 19.7. The Hall–Kier alpha value is -2.25.